The lowest BCUT2D eigenvalue weighted by Gasteiger charge is -2.17. The van der Waals surface area contributed by atoms with Gasteiger partial charge in [-0.2, -0.15) is 5.10 Å². The Kier molecular flexibility index (Phi) is 3.94. The molecule has 6 heteroatoms. The smallest absolute Gasteiger partial charge is 0.131 e. The summed E-state index contributed by atoms with van der Waals surface area (Å²) < 4.78 is 3.99. The molecule has 104 valence electrons. The van der Waals surface area contributed by atoms with E-state index < -0.39 is 0 Å². The minimum atomic E-state index is 0.130. The summed E-state index contributed by atoms with van der Waals surface area (Å²) in [5.74, 6) is 1.04. The molecule has 1 unspecified atom stereocenters. The van der Waals surface area contributed by atoms with Gasteiger partial charge in [0.25, 0.3) is 0 Å². The fourth-order valence-corrected chi connectivity index (χ4v) is 2.98. The summed E-state index contributed by atoms with van der Waals surface area (Å²) in [6.07, 6.45) is 7.59. The van der Waals surface area contributed by atoms with Crippen molar-refractivity contribution in [2.24, 2.45) is 7.05 Å². The summed E-state index contributed by atoms with van der Waals surface area (Å²) >= 11 is 1.75. The fraction of sp³-hybridized carbons (Fsp3) is 0.286. The average Bonchev–Trinajstić information content (AvgIpc) is 3.18. The van der Waals surface area contributed by atoms with Crippen LogP contribution in [0.3, 0.4) is 0 Å². The maximum Gasteiger partial charge on any atom is 0.131 e. The molecule has 3 heterocycles. The lowest BCUT2D eigenvalue weighted by Crippen LogP contribution is -2.27. The molecule has 0 saturated heterocycles. The highest BCUT2D eigenvalue weighted by Crippen LogP contribution is 2.24. The minimum absolute atomic E-state index is 0.130. The predicted octanol–water partition coefficient (Wildman–Crippen LogP) is 2.06. The molecule has 0 aliphatic rings. The van der Waals surface area contributed by atoms with Crippen LogP contribution < -0.4 is 5.32 Å². The SMILES string of the molecule is Cn1ccnc1C(NCCn1cccn1)c1cccs1. The molecule has 0 aliphatic heterocycles. The fourth-order valence-electron chi connectivity index (χ4n) is 2.19. The Balaban J connectivity index is 1.72. The van der Waals surface area contributed by atoms with E-state index in [-0.39, 0.29) is 6.04 Å². The number of imidazole rings is 1. The van der Waals surface area contributed by atoms with Crippen LogP contribution in [0.15, 0.2) is 48.4 Å². The van der Waals surface area contributed by atoms with E-state index >= 15 is 0 Å². The van der Waals surface area contributed by atoms with Gasteiger partial charge in [-0.1, -0.05) is 6.07 Å². The monoisotopic (exact) mass is 287 g/mol. The van der Waals surface area contributed by atoms with Crippen molar-refractivity contribution in [3.63, 3.8) is 0 Å². The molecular formula is C14H17N5S. The van der Waals surface area contributed by atoms with Gasteiger partial charge in [-0.15, -0.1) is 11.3 Å². The minimum Gasteiger partial charge on any atom is -0.336 e. The third kappa shape index (κ3) is 2.81. The van der Waals surface area contributed by atoms with Gasteiger partial charge in [0.1, 0.15) is 11.9 Å². The zero-order chi connectivity index (χ0) is 13.8. The zero-order valence-electron chi connectivity index (χ0n) is 11.3. The maximum absolute atomic E-state index is 4.47. The van der Waals surface area contributed by atoms with Crippen LogP contribution in [-0.2, 0) is 13.6 Å². The van der Waals surface area contributed by atoms with Gasteiger partial charge >= 0.3 is 0 Å². The van der Waals surface area contributed by atoms with Crippen molar-refractivity contribution < 1.29 is 0 Å². The number of aromatic nitrogens is 4. The number of thiophene rings is 1. The number of nitrogens with one attached hydrogen (secondary N) is 1. The van der Waals surface area contributed by atoms with Crippen LogP contribution in [0, 0.1) is 0 Å². The lowest BCUT2D eigenvalue weighted by atomic mass is 10.2. The molecule has 1 N–H and O–H groups in total. The van der Waals surface area contributed by atoms with E-state index in [2.05, 4.69) is 37.5 Å². The highest BCUT2D eigenvalue weighted by Gasteiger charge is 2.18. The van der Waals surface area contributed by atoms with Crippen molar-refractivity contribution >= 4 is 11.3 Å². The molecule has 0 bridgehead atoms. The molecule has 3 aromatic rings. The highest BCUT2D eigenvalue weighted by atomic mass is 32.1. The molecule has 0 amide bonds. The maximum atomic E-state index is 4.47. The normalized spacial score (nSPS) is 12.7. The van der Waals surface area contributed by atoms with Gasteiger partial charge in [0, 0.05) is 43.3 Å². The highest BCUT2D eigenvalue weighted by molar-refractivity contribution is 7.10. The third-order valence-electron chi connectivity index (χ3n) is 3.19. The summed E-state index contributed by atoms with van der Waals surface area (Å²) in [6.45, 7) is 1.69. The van der Waals surface area contributed by atoms with Crippen molar-refractivity contribution in [1.29, 1.82) is 0 Å². The molecule has 0 saturated carbocycles. The van der Waals surface area contributed by atoms with Crippen LogP contribution >= 0.6 is 11.3 Å². The molecule has 3 rings (SSSR count). The van der Waals surface area contributed by atoms with Gasteiger partial charge in [0.05, 0.1) is 6.54 Å². The second-order valence-corrected chi connectivity index (χ2v) is 5.55. The first-order valence-corrected chi connectivity index (χ1v) is 7.44. The topological polar surface area (TPSA) is 47.7 Å². The largest absolute Gasteiger partial charge is 0.336 e. The van der Waals surface area contributed by atoms with Crippen LogP contribution in [0.25, 0.3) is 0 Å². The molecule has 1 atom stereocenters. The van der Waals surface area contributed by atoms with Gasteiger partial charge in [0.2, 0.25) is 0 Å². The van der Waals surface area contributed by atoms with E-state index in [1.807, 2.05) is 36.4 Å². The van der Waals surface area contributed by atoms with Gasteiger partial charge < -0.3 is 9.88 Å². The lowest BCUT2D eigenvalue weighted by molar-refractivity contribution is 0.506. The summed E-state index contributed by atoms with van der Waals surface area (Å²) in [6, 6.07) is 6.29. The molecule has 3 aromatic heterocycles. The molecule has 5 nitrogen and oxygen atoms in total. The number of rotatable bonds is 6. The van der Waals surface area contributed by atoms with E-state index in [9.17, 15) is 0 Å². The van der Waals surface area contributed by atoms with Crippen molar-refractivity contribution in [1.82, 2.24) is 24.6 Å². The quantitative estimate of drug-likeness (QED) is 0.755. The number of aryl methyl sites for hydroxylation is 1. The van der Waals surface area contributed by atoms with Crippen molar-refractivity contribution in [3.8, 4) is 0 Å². The predicted molar refractivity (Wildman–Crippen MR) is 79.6 cm³/mol. The number of hydrogen-bond donors (Lipinski definition) is 1. The van der Waals surface area contributed by atoms with Crippen LogP contribution in [0.2, 0.25) is 0 Å². The van der Waals surface area contributed by atoms with Gasteiger partial charge in [-0.25, -0.2) is 4.98 Å². The Bertz CT molecular complexity index is 626. The molecule has 20 heavy (non-hydrogen) atoms. The Morgan fingerprint density at radius 2 is 2.25 bits per heavy atom. The van der Waals surface area contributed by atoms with Crippen molar-refractivity contribution in [2.75, 3.05) is 6.54 Å². The average molecular weight is 287 g/mol. The van der Waals surface area contributed by atoms with E-state index in [1.165, 1.54) is 4.88 Å². The first kappa shape index (κ1) is 13.1. The Labute approximate surface area is 121 Å². The molecule has 0 aromatic carbocycles. The standard InChI is InChI=1S/C14H17N5S/c1-18-9-6-16-14(18)13(12-4-2-11-20-12)15-7-10-19-8-3-5-17-19/h2-6,8-9,11,13,15H,7,10H2,1H3. The van der Waals surface area contributed by atoms with Gasteiger partial charge in [-0.3, -0.25) is 4.68 Å². The molecule has 0 aliphatic carbocycles. The van der Waals surface area contributed by atoms with Crippen molar-refractivity contribution in [2.45, 2.75) is 12.6 Å². The molecular weight excluding hydrogens is 270 g/mol. The first-order valence-electron chi connectivity index (χ1n) is 6.56. The van der Waals surface area contributed by atoms with E-state index in [0.29, 0.717) is 0 Å². The molecule has 0 fully saturated rings. The number of nitrogens with zero attached hydrogens (tertiary/aromatic N) is 4. The van der Waals surface area contributed by atoms with Crippen LogP contribution in [0.1, 0.15) is 16.7 Å². The second-order valence-electron chi connectivity index (χ2n) is 4.57. The summed E-state index contributed by atoms with van der Waals surface area (Å²) in [5, 5.41) is 9.88. The third-order valence-corrected chi connectivity index (χ3v) is 4.13. The van der Waals surface area contributed by atoms with E-state index in [1.54, 1.807) is 17.5 Å². The van der Waals surface area contributed by atoms with Crippen LogP contribution in [0.4, 0.5) is 0 Å². The Morgan fingerprint density at radius 1 is 1.30 bits per heavy atom. The van der Waals surface area contributed by atoms with Crippen molar-refractivity contribution in [3.05, 3.63) is 59.1 Å². The molecule has 0 spiro atoms. The van der Waals surface area contributed by atoms with E-state index in [0.717, 1.165) is 18.9 Å². The van der Waals surface area contributed by atoms with E-state index in [4.69, 9.17) is 0 Å². The second kappa shape index (κ2) is 6.02. The summed E-state index contributed by atoms with van der Waals surface area (Å²) in [7, 11) is 2.03. The Hall–Kier alpha value is -1.92. The first-order chi connectivity index (χ1) is 9.84. The zero-order valence-corrected chi connectivity index (χ0v) is 12.1. The molecule has 0 radical (unpaired) electrons. The van der Waals surface area contributed by atoms with Gasteiger partial charge in [-0.05, 0) is 17.5 Å². The van der Waals surface area contributed by atoms with Crippen LogP contribution in [-0.4, -0.2) is 25.9 Å². The summed E-state index contributed by atoms with van der Waals surface area (Å²) in [4.78, 5) is 5.75. The summed E-state index contributed by atoms with van der Waals surface area (Å²) in [5.41, 5.74) is 0. The number of hydrogen-bond acceptors (Lipinski definition) is 4. The Morgan fingerprint density at radius 3 is 2.90 bits per heavy atom. The van der Waals surface area contributed by atoms with Crippen LogP contribution in [0.5, 0.6) is 0 Å². The van der Waals surface area contributed by atoms with Gasteiger partial charge in [0.15, 0.2) is 0 Å².